The quantitative estimate of drug-likeness (QED) is 0.821. The lowest BCUT2D eigenvalue weighted by atomic mass is 10.0. The van der Waals surface area contributed by atoms with Gasteiger partial charge < -0.3 is 20.1 Å². The Hall–Kier alpha value is -2.03. The summed E-state index contributed by atoms with van der Waals surface area (Å²) >= 11 is 0. The molecule has 0 saturated carbocycles. The smallest absolute Gasteiger partial charge is 0.260 e. The summed E-state index contributed by atoms with van der Waals surface area (Å²) in [5, 5.41) is 4.42. The van der Waals surface area contributed by atoms with E-state index in [1.807, 2.05) is 18.5 Å². The van der Waals surface area contributed by atoms with E-state index in [-0.39, 0.29) is 42.8 Å². The summed E-state index contributed by atoms with van der Waals surface area (Å²) in [6, 6.07) is 1.68. The third kappa shape index (κ3) is 4.12. The highest BCUT2D eigenvalue weighted by molar-refractivity contribution is 6.06. The molecule has 2 N–H and O–H groups in total. The van der Waals surface area contributed by atoms with E-state index in [1.54, 1.807) is 17.2 Å². The molecule has 2 aromatic heterocycles. The first-order chi connectivity index (χ1) is 12.0. The average Bonchev–Trinajstić information content (AvgIpc) is 3.07. The molecule has 3 rings (SSSR count). The Morgan fingerprint density at radius 2 is 1.96 bits per heavy atom. The third-order valence-corrected chi connectivity index (χ3v) is 4.33. The van der Waals surface area contributed by atoms with E-state index in [2.05, 4.69) is 10.1 Å². The maximum atomic E-state index is 13.0. The Morgan fingerprint density at radius 3 is 2.56 bits per heavy atom. The van der Waals surface area contributed by atoms with Gasteiger partial charge in [-0.15, -0.1) is 24.8 Å². The number of halogens is 2. The molecule has 0 spiro atoms. The van der Waals surface area contributed by atoms with Crippen molar-refractivity contribution in [3.63, 3.8) is 0 Å². The normalized spacial score (nSPS) is 15.5. The molecular weight excluding hydrogens is 393 g/mol. The van der Waals surface area contributed by atoms with Crippen LogP contribution in [0, 0.1) is 0 Å². The first-order valence-electron chi connectivity index (χ1n) is 8.20. The lowest BCUT2D eigenvalue weighted by Crippen LogP contribution is -2.39. The van der Waals surface area contributed by atoms with Crippen LogP contribution in [0.25, 0.3) is 0 Å². The van der Waals surface area contributed by atoms with Crippen LogP contribution in [0.5, 0.6) is 11.6 Å². The summed E-state index contributed by atoms with van der Waals surface area (Å²) in [6.07, 6.45) is 3.88. The van der Waals surface area contributed by atoms with E-state index in [4.69, 9.17) is 15.2 Å². The summed E-state index contributed by atoms with van der Waals surface area (Å²) in [5.41, 5.74) is 8.34. The van der Waals surface area contributed by atoms with Crippen LogP contribution in [0.2, 0.25) is 0 Å². The predicted molar refractivity (Wildman–Crippen MR) is 108 cm³/mol. The zero-order chi connectivity index (χ0) is 18.1. The number of carbonyl (C=O) groups is 1. The number of amides is 1. The number of carbonyl (C=O) groups excluding carboxylic acids is 1. The van der Waals surface area contributed by atoms with Gasteiger partial charge in [-0.1, -0.05) is 0 Å². The van der Waals surface area contributed by atoms with Crippen LogP contribution in [-0.4, -0.2) is 41.4 Å². The van der Waals surface area contributed by atoms with Crippen molar-refractivity contribution in [1.29, 1.82) is 0 Å². The Morgan fingerprint density at radius 1 is 1.26 bits per heavy atom. The number of methoxy groups -OCH3 is 2. The van der Waals surface area contributed by atoms with Gasteiger partial charge in [0.15, 0.2) is 5.75 Å². The minimum absolute atomic E-state index is 0. The highest BCUT2D eigenvalue weighted by Gasteiger charge is 2.32. The molecule has 1 unspecified atom stereocenters. The molecule has 1 atom stereocenters. The number of nitrogens with zero attached hydrogens (tertiary/aromatic N) is 4. The van der Waals surface area contributed by atoms with Gasteiger partial charge >= 0.3 is 0 Å². The van der Waals surface area contributed by atoms with E-state index >= 15 is 0 Å². The van der Waals surface area contributed by atoms with Crippen LogP contribution >= 0.6 is 24.8 Å². The van der Waals surface area contributed by atoms with Crippen LogP contribution < -0.4 is 20.1 Å². The number of ether oxygens (including phenoxy) is 2. The Kier molecular flexibility index (Phi) is 7.89. The SMILES string of the molecule is COc1cc(C(=O)N2CCC(N)c3c2cnn3C(C)C)cnc1OC.Cl.Cl. The largest absolute Gasteiger partial charge is 0.491 e. The lowest BCUT2D eigenvalue weighted by molar-refractivity contribution is 0.0983. The number of hydrogen-bond acceptors (Lipinski definition) is 6. The first-order valence-corrected chi connectivity index (χ1v) is 8.20. The highest BCUT2D eigenvalue weighted by Crippen LogP contribution is 2.35. The summed E-state index contributed by atoms with van der Waals surface area (Å²) in [6.45, 7) is 4.61. The molecule has 1 aliphatic heterocycles. The van der Waals surface area contributed by atoms with E-state index < -0.39 is 0 Å². The average molecular weight is 418 g/mol. The fourth-order valence-corrected chi connectivity index (χ4v) is 3.08. The molecule has 3 heterocycles. The minimum Gasteiger partial charge on any atom is -0.491 e. The third-order valence-electron chi connectivity index (χ3n) is 4.33. The van der Waals surface area contributed by atoms with Crippen molar-refractivity contribution >= 4 is 36.4 Å². The molecule has 1 aliphatic rings. The zero-order valence-corrected chi connectivity index (χ0v) is 17.3. The number of hydrogen-bond donors (Lipinski definition) is 1. The van der Waals surface area contributed by atoms with Crippen LogP contribution in [0.1, 0.15) is 48.4 Å². The minimum atomic E-state index is -0.162. The van der Waals surface area contributed by atoms with Crippen molar-refractivity contribution in [3.8, 4) is 11.6 Å². The molecule has 27 heavy (non-hydrogen) atoms. The number of fused-ring (bicyclic) bond motifs is 1. The second kappa shape index (κ2) is 9.25. The Balaban J connectivity index is 0.00000182. The van der Waals surface area contributed by atoms with Crippen molar-refractivity contribution in [3.05, 3.63) is 29.7 Å². The van der Waals surface area contributed by atoms with Gasteiger partial charge in [-0.05, 0) is 20.3 Å². The van der Waals surface area contributed by atoms with Gasteiger partial charge in [0, 0.05) is 24.8 Å². The standard InChI is InChI=1S/C17H23N5O3.2ClH/c1-10(2)22-15-12(18)5-6-21(13(15)9-20-22)17(23)11-7-14(24-3)16(25-4)19-8-11;;/h7-10,12H,5-6,18H2,1-4H3;2*1H. The fourth-order valence-electron chi connectivity index (χ4n) is 3.08. The fraction of sp³-hybridized carbons (Fsp3) is 0.471. The number of rotatable bonds is 4. The second-order valence-electron chi connectivity index (χ2n) is 6.24. The summed E-state index contributed by atoms with van der Waals surface area (Å²) in [4.78, 5) is 18.9. The van der Waals surface area contributed by atoms with Gasteiger partial charge in [-0.25, -0.2) is 4.98 Å². The van der Waals surface area contributed by atoms with Crippen molar-refractivity contribution < 1.29 is 14.3 Å². The van der Waals surface area contributed by atoms with E-state index in [9.17, 15) is 4.79 Å². The number of aromatic nitrogens is 3. The first kappa shape index (κ1) is 23.0. The highest BCUT2D eigenvalue weighted by atomic mass is 35.5. The van der Waals surface area contributed by atoms with Gasteiger partial charge in [-0.3, -0.25) is 9.48 Å². The summed E-state index contributed by atoms with van der Waals surface area (Å²) in [5.74, 6) is 0.595. The van der Waals surface area contributed by atoms with Gasteiger partial charge in [0.1, 0.15) is 0 Å². The lowest BCUT2D eigenvalue weighted by Gasteiger charge is -2.31. The van der Waals surface area contributed by atoms with Crippen molar-refractivity contribution in [2.45, 2.75) is 32.4 Å². The Labute approximate surface area is 170 Å². The molecule has 0 bridgehead atoms. The van der Waals surface area contributed by atoms with Gasteiger partial charge in [-0.2, -0.15) is 5.10 Å². The van der Waals surface area contributed by atoms with Crippen molar-refractivity contribution in [2.24, 2.45) is 5.73 Å². The van der Waals surface area contributed by atoms with Gasteiger partial charge in [0.05, 0.1) is 43.4 Å². The van der Waals surface area contributed by atoms with Gasteiger partial charge in [0.25, 0.3) is 11.8 Å². The molecule has 0 aromatic carbocycles. The number of pyridine rings is 1. The topological polar surface area (TPSA) is 95.5 Å². The maximum absolute atomic E-state index is 13.0. The number of anilines is 1. The summed E-state index contributed by atoms with van der Waals surface area (Å²) < 4.78 is 12.2. The predicted octanol–water partition coefficient (Wildman–Crippen LogP) is 2.77. The van der Waals surface area contributed by atoms with Crippen LogP contribution in [0.4, 0.5) is 5.69 Å². The molecule has 0 fully saturated rings. The molecule has 10 heteroatoms. The molecule has 2 aromatic rings. The molecule has 1 amide bonds. The van der Waals surface area contributed by atoms with Gasteiger partial charge in [0.2, 0.25) is 0 Å². The van der Waals surface area contributed by atoms with E-state index in [0.29, 0.717) is 30.2 Å². The number of nitrogens with two attached hydrogens (primary N) is 1. The van der Waals surface area contributed by atoms with Crippen LogP contribution in [0.3, 0.4) is 0 Å². The molecule has 8 nitrogen and oxygen atoms in total. The maximum Gasteiger partial charge on any atom is 0.260 e. The molecule has 150 valence electrons. The summed E-state index contributed by atoms with van der Waals surface area (Å²) in [7, 11) is 3.02. The zero-order valence-electron chi connectivity index (χ0n) is 15.7. The van der Waals surface area contributed by atoms with Crippen molar-refractivity contribution in [2.75, 3.05) is 25.7 Å². The molecule has 0 aliphatic carbocycles. The van der Waals surface area contributed by atoms with Crippen molar-refractivity contribution in [1.82, 2.24) is 14.8 Å². The molecule has 0 radical (unpaired) electrons. The Bertz CT molecular complexity index is 797. The molecule has 0 saturated heterocycles. The van der Waals surface area contributed by atoms with Crippen LogP contribution in [0.15, 0.2) is 18.5 Å². The molecular formula is C17H25Cl2N5O3. The second-order valence-corrected chi connectivity index (χ2v) is 6.24. The van der Waals surface area contributed by atoms with E-state index in [1.165, 1.54) is 20.4 Å². The van der Waals surface area contributed by atoms with Crippen LogP contribution in [-0.2, 0) is 0 Å². The monoisotopic (exact) mass is 417 g/mol. The van der Waals surface area contributed by atoms with E-state index in [0.717, 1.165) is 11.4 Å².